The van der Waals surface area contributed by atoms with E-state index in [2.05, 4.69) is 11.9 Å². The molecule has 6 heteroatoms. The summed E-state index contributed by atoms with van der Waals surface area (Å²) in [6, 6.07) is 4.56. The standard InChI is InChI=1S/C14H17F3N2O/c1-9(2)8-19-13(3,12(18)20)10-5-4-6-11(7-10)14(15,16)17/h4-7,19H,1,8H2,2-3H3,(H2,18,20)/t13-/m0/s1. The van der Waals surface area contributed by atoms with Gasteiger partial charge in [-0.1, -0.05) is 24.3 Å². The summed E-state index contributed by atoms with van der Waals surface area (Å²) < 4.78 is 38.2. The molecule has 0 aliphatic heterocycles. The lowest BCUT2D eigenvalue weighted by Crippen LogP contribution is -2.50. The molecule has 0 aliphatic rings. The van der Waals surface area contributed by atoms with Crippen molar-refractivity contribution in [1.29, 1.82) is 0 Å². The average molecular weight is 286 g/mol. The Morgan fingerprint density at radius 3 is 2.35 bits per heavy atom. The van der Waals surface area contributed by atoms with Gasteiger partial charge in [0.25, 0.3) is 0 Å². The van der Waals surface area contributed by atoms with E-state index < -0.39 is 23.2 Å². The Hall–Kier alpha value is -1.82. The molecule has 20 heavy (non-hydrogen) atoms. The van der Waals surface area contributed by atoms with Crippen LogP contribution < -0.4 is 11.1 Å². The molecule has 1 aromatic rings. The van der Waals surface area contributed by atoms with Crippen molar-refractivity contribution in [2.45, 2.75) is 25.6 Å². The highest BCUT2D eigenvalue weighted by Crippen LogP contribution is 2.32. The van der Waals surface area contributed by atoms with Crippen LogP contribution in [-0.4, -0.2) is 12.5 Å². The smallest absolute Gasteiger partial charge is 0.368 e. The van der Waals surface area contributed by atoms with Gasteiger partial charge in [-0.2, -0.15) is 13.2 Å². The number of hydrogen-bond donors (Lipinski definition) is 2. The Morgan fingerprint density at radius 2 is 1.90 bits per heavy atom. The van der Waals surface area contributed by atoms with Gasteiger partial charge in [0.05, 0.1) is 5.56 Å². The maximum Gasteiger partial charge on any atom is 0.416 e. The second-order valence-electron chi connectivity index (χ2n) is 4.88. The zero-order chi connectivity index (χ0) is 15.6. The number of primary amides is 1. The molecule has 1 aromatic carbocycles. The fourth-order valence-electron chi connectivity index (χ4n) is 1.67. The minimum Gasteiger partial charge on any atom is -0.368 e. The van der Waals surface area contributed by atoms with Gasteiger partial charge in [-0.05, 0) is 31.5 Å². The second kappa shape index (κ2) is 5.66. The van der Waals surface area contributed by atoms with E-state index >= 15 is 0 Å². The molecule has 0 unspecified atom stereocenters. The molecule has 1 amide bonds. The third-order valence-corrected chi connectivity index (χ3v) is 3.00. The third kappa shape index (κ3) is 3.60. The fraction of sp³-hybridized carbons (Fsp3) is 0.357. The number of benzene rings is 1. The topological polar surface area (TPSA) is 55.1 Å². The normalized spacial score (nSPS) is 14.7. The summed E-state index contributed by atoms with van der Waals surface area (Å²) in [6.45, 7) is 7.14. The highest BCUT2D eigenvalue weighted by Gasteiger charge is 2.36. The Morgan fingerprint density at radius 1 is 1.35 bits per heavy atom. The van der Waals surface area contributed by atoms with Crippen LogP contribution in [0, 0.1) is 0 Å². The Balaban J connectivity index is 3.22. The number of nitrogens with two attached hydrogens (primary N) is 1. The summed E-state index contributed by atoms with van der Waals surface area (Å²) in [4.78, 5) is 11.6. The van der Waals surface area contributed by atoms with Crippen molar-refractivity contribution in [3.8, 4) is 0 Å². The third-order valence-electron chi connectivity index (χ3n) is 3.00. The molecular formula is C14H17F3N2O. The zero-order valence-corrected chi connectivity index (χ0v) is 11.3. The van der Waals surface area contributed by atoms with Crippen molar-refractivity contribution in [2.75, 3.05) is 6.54 Å². The summed E-state index contributed by atoms with van der Waals surface area (Å²) >= 11 is 0. The number of carbonyl (C=O) groups excluding carboxylic acids is 1. The van der Waals surface area contributed by atoms with Crippen LogP contribution in [0.4, 0.5) is 13.2 Å². The minimum absolute atomic E-state index is 0.168. The SMILES string of the molecule is C=C(C)CN[C@](C)(C(N)=O)c1cccc(C(F)(F)F)c1. The van der Waals surface area contributed by atoms with Gasteiger partial charge in [0.2, 0.25) is 5.91 Å². The molecule has 0 fully saturated rings. The first kappa shape index (κ1) is 16.2. The molecule has 0 aromatic heterocycles. The highest BCUT2D eigenvalue weighted by atomic mass is 19.4. The van der Waals surface area contributed by atoms with Gasteiger partial charge in [0, 0.05) is 6.54 Å². The molecule has 0 radical (unpaired) electrons. The van der Waals surface area contributed by atoms with Gasteiger partial charge >= 0.3 is 6.18 Å². The summed E-state index contributed by atoms with van der Waals surface area (Å²) in [5.41, 5.74) is 4.04. The van der Waals surface area contributed by atoms with Crippen molar-refractivity contribution < 1.29 is 18.0 Å². The number of halogens is 3. The van der Waals surface area contributed by atoms with Crippen LogP contribution in [0.3, 0.4) is 0 Å². The van der Waals surface area contributed by atoms with Crippen molar-refractivity contribution in [2.24, 2.45) is 5.73 Å². The molecule has 1 atom stereocenters. The number of nitrogens with one attached hydrogen (secondary N) is 1. The van der Waals surface area contributed by atoms with Crippen molar-refractivity contribution in [3.05, 3.63) is 47.5 Å². The van der Waals surface area contributed by atoms with E-state index in [1.54, 1.807) is 6.92 Å². The number of alkyl halides is 3. The zero-order valence-electron chi connectivity index (χ0n) is 11.3. The number of amides is 1. The monoisotopic (exact) mass is 286 g/mol. The van der Waals surface area contributed by atoms with Gasteiger partial charge in [0.1, 0.15) is 5.54 Å². The molecule has 0 saturated carbocycles. The molecular weight excluding hydrogens is 269 g/mol. The quantitative estimate of drug-likeness (QED) is 0.817. The van der Waals surface area contributed by atoms with Crippen LogP contribution in [0.5, 0.6) is 0 Å². The van der Waals surface area contributed by atoms with Gasteiger partial charge in [-0.3, -0.25) is 10.1 Å². The van der Waals surface area contributed by atoms with Crippen molar-refractivity contribution in [1.82, 2.24) is 5.32 Å². The van der Waals surface area contributed by atoms with Gasteiger partial charge in [-0.25, -0.2) is 0 Å². The molecule has 1 rings (SSSR count). The van der Waals surface area contributed by atoms with E-state index in [0.29, 0.717) is 0 Å². The lowest BCUT2D eigenvalue weighted by molar-refractivity contribution is -0.138. The predicted octanol–water partition coefficient (Wildman–Crippen LogP) is 2.57. The first-order valence-electron chi connectivity index (χ1n) is 5.94. The van der Waals surface area contributed by atoms with Crippen LogP contribution in [0.15, 0.2) is 36.4 Å². The van der Waals surface area contributed by atoms with Crippen LogP contribution in [0.1, 0.15) is 25.0 Å². The van der Waals surface area contributed by atoms with Crippen LogP contribution in [-0.2, 0) is 16.5 Å². The molecule has 110 valence electrons. The van der Waals surface area contributed by atoms with Crippen LogP contribution >= 0.6 is 0 Å². The maximum absolute atomic E-state index is 12.7. The van der Waals surface area contributed by atoms with Crippen molar-refractivity contribution in [3.63, 3.8) is 0 Å². The predicted molar refractivity (Wildman–Crippen MR) is 70.8 cm³/mol. The number of hydrogen-bond acceptors (Lipinski definition) is 2. The Labute approximate surface area is 115 Å². The first-order chi connectivity index (χ1) is 9.07. The van der Waals surface area contributed by atoms with E-state index in [4.69, 9.17) is 5.73 Å². The van der Waals surface area contributed by atoms with Gasteiger partial charge in [0.15, 0.2) is 0 Å². The van der Waals surface area contributed by atoms with E-state index in [-0.39, 0.29) is 12.1 Å². The molecule has 3 N–H and O–H groups in total. The van der Waals surface area contributed by atoms with E-state index in [9.17, 15) is 18.0 Å². The summed E-state index contributed by atoms with van der Waals surface area (Å²) in [5, 5.41) is 2.85. The Kier molecular flexibility index (Phi) is 4.60. The largest absolute Gasteiger partial charge is 0.416 e. The van der Waals surface area contributed by atoms with E-state index in [1.165, 1.54) is 19.1 Å². The average Bonchev–Trinajstić information content (AvgIpc) is 2.34. The van der Waals surface area contributed by atoms with Crippen molar-refractivity contribution >= 4 is 5.91 Å². The number of rotatable bonds is 5. The van der Waals surface area contributed by atoms with Gasteiger partial charge < -0.3 is 5.73 Å². The van der Waals surface area contributed by atoms with E-state index in [0.717, 1.165) is 17.7 Å². The molecule has 0 bridgehead atoms. The fourth-order valence-corrected chi connectivity index (χ4v) is 1.67. The summed E-state index contributed by atoms with van der Waals surface area (Å²) in [5.74, 6) is -0.752. The maximum atomic E-state index is 12.7. The highest BCUT2D eigenvalue weighted by molar-refractivity contribution is 5.85. The first-order valence-corrected chi connectivity index (χ1v) is 5.94. The molecule has 0 spiro atoms. The van der Waals surface area contributed by atoms with Crippen LogP contribution in [0.2, 0.25) is 0 Å². The summed E-state index contributed by atoms with van der Waals surface area (Å²) in [6.07, 6.45) is -4.47. The van der Waals surface area contributed by atoms with Crippen LogP contribution in [0.25, 0.3) is 0 Å². The van der Waals surface area contributed by atoms with Gasteiger partial charge in [-0.15, -0.1) is 0 Å². The molecule has 0 heterocycles. The van der Waals surface area contributed by atoms with E-state index in [1.807, 2.05) is 0 Å². The Bertz CT molecular complexity index is 525. The number of carbonyl (C=O) groups is 1. The lowest BCUT2D eigenvalue weighted by atomic mass is 9.89. The molecule has 0 aliphatic carbocycles. The molecule has 0 saturated heterocycles. The molecule has 3 nitrogen and oxygen atoms in total. The second-order valence-corrected chi connectivity index (χ2v) is 4.88. The minimum atomic E-state index is -4.47. The summed E-state index contributed by atoms with van der Waals surface area (Å²) in [7, 11) is 0. The lowest BCUT2D eigenvalue weighted by Gasteiger charge is -2.29.